The number of nitrogens with zero attached hydrogens (tertiary/aromatic N) is 2. The molecule has 0 spiro atoms. The Bertz CT molecular complexity index is 377. The molecule has 0 amide bonds. The number of halogens is 2. The maximum absolute atomic E-state index is 12.8. The van der Waals surface area contributed by atoms with Crippen LogP contribution in [0.4, 0.5) is 10.2 Å². The molecule has 15 heavy (non-hydrogen) atoms. The Morgan fingerprint density at radius 2 is 2.20 bits per heavy atom. The van der Waals surface area contributed by atoms with Crippen LogP contribution in [0.25, 0.3) is 0 Å². The van der Waals surface area contributed by atoms with Gasteiger partial charge in [-0.2, -0.15) is 9.37 Å². The summed E-state index contributed by atoms with van der Waals surface area (Å²) in [4.78, 5) is 7.03. The van der Waals surface area contributed by atoms with Gasteiger partial charge in [0.1, 0.15) is 5.02 Å². The molecule has 0 radical (unpaired) electrons. The molecule has 1 saturated carbocycles. The summed E-state index contributed by atoms with van der Waals surface area (Å²) in [6, 6.07) is 0. The minimum Gasteiger partial charge on any atom is -0.363 e. The van der Waals surface area contributed by atoms with Crippen LogP contribution in [0.15, 0.2) is 6.20 Å². The van der Waals surface area contributed by atoms with Crippen LogP contribution >= 0.6 is 11.6 Å². The molecule has 1 heterocycles. The summed E-state index contributed by atoms with van der Waals surface area (Å²) in [5, 5.41) is 3.52. The average molecular weight is 230 g/mol. The van der Waals surface area contributed by atoms with Crippen LogP contribution in [0.5, 0.6) is 0 Å². The van der Waals surface area contributed by atoms with E-state index in [2.05, 4.69) is 29.1 Å². The van der Waals surface area contributed by atoms with Gasteiger partial charge in [-0.1, -0.05) is 11.6 Å². The van der Waals surface area contributed by atoms with E-state index in [0.717, 1.165) is 0 Å². The van der Waals surface area contributed by atoms with Gasteiger partial charge in [-0.05, 0) is 32.6 Å². The lowest BCUT2D eigenvalue weighted by atomic mass is 9.99. The van der Waals surface area contributed by atoms with Crippen molar-refractivity contribution in [3.8, 4) is 0 Å². The zero-order chi connectivity index (χ0) is 11.1. The lowest BCUT2D eigenvalue weighted by molar-refractivity contribution is 0.486. The average Bonchev–Trinajstić information content (AvgIpc) is 2.93. The van der Waals surface area contributed by atoms with Gasteiger partial charge in [-0.25, -0.2) is 4.98 Å². The van der Waals surface area contributed by atoms with Crippen LogP contribution in [-0.2, 0) is 0 Å². The number of aromatic nitrogens is 2. The highest BCUT2D eigenvalue weighted by atomic mass is 35.5. The third-order valence-electron chi connectivity index (χ3n) is 2.75. The molecule has 1 aliphatic rings. The molecule has 5 heteroatoms. The van der Waals surface area contributed by atoms with Crippen molar-refractivity contribution in [2.24, 2.45) is 5.92 Å². The maximum atomic E-state index is 12.8. The van der Waals surface area contributed by atoms with E-state index in [1.807, 2.05) is 0 Å². The number of hydrogen-bond acceptors (Lipinski definition) is 3. The molecule has 0 aliphatic heterocycles. The highest BCUT2D eigenvalue weighted by molar-refractivity contribution is 6.32. The quantitative estimate of drug-likeness (QED) is 0.810. The zero-order valence-corrected chi connectivity index (χ0v) is 9.48. The number of hydrogen-bond donors (Lipinski definition) is 1. The zero-order valence-electron chi connectivity index (χ0n) is 8.72. The number of rotatable bonds is 3. The first-order chi connectivity index (χ1) is 6.99. The van der Waals surface area contributed by atoms with Gasteiger partial charge in [0.2, 0.25) is 0 Å². The highest BCUT2D eigenvalue weighted by Crippen LogP contribution is 2.41. The van der Waals surface area contributed by atoms with Crippen LogP contribution in [0.3, 0.4) is 0 Å². The van der Waals surface area contributed by atoms with E-state index in [0.29, 0.717) is 16.8 Å². The molecule has 1 aliphatic carbocycles. The second-order valence-electron chi connectivity index (χ2n) is 4.46. The van der Waals surface area contributed by atoms with E-state index >= 15 is 0 Å². The second kappa shape index (κ2) is 3.59. The Balaban J connectivity index is 2.19. The number of nitrogens with one attached hydrogen (secondary N) is 1. The number of anilines is 1. The van der Waals surface area contributed by atoms with Crippen molar-refractivity contribution in [2.45, 2.75) is 32.2 Å². The minimum absolute atomic E-state index is 0.0928. The predicted molar refractivity (Wildman–Crippen MR) is 57.4 cm³/mol. The summed E-state index contributed by atoms with van der Waals surface area (Å²) in [6.45, 7) is 4.14. The van der Waals surface area contributed by atoms with Gasteiger partial charge in [-0.3, -0.25) is 0 Å². The van der Waals surface area contributed by atoms with Crippen molar-refractivity contribution < 1.29 is 4.39 Å². The Hall–Kier alpha value is -0.900. The Kier molecular flexibility index (Phi) is 2.54. The Morgan fingerprint density at radius 1 is 1.53 bits per heavy atom. The van der Waals surface area contributed by atoms with E-state index in [-0.39, 0.29) is 5.54 Å². The molecule has 1 fully saturated rings. The standard InChI is InChI=1S/C10H13ClFN3/c1-10(2,6-3-4-6)15-8-7(11)5-13-9(12)14-8/h5-6H,3-4H2,1-2H3,(H,13,14,15). The van der Waals surface area contributed by atoms with Gasteiger partial charge < -0.3 is 5.32 Å². The van der Waals surface area contributed by atoms with Crippen LogP contribution in [-0.4, -0.2) is 15.5 Å². The first-order valence-corrected chi connectivity index (χ1v) is 5.33. The molecule has 82 valence electrons. The van der Waals surface area contributed by atoms with Crippen LogP contribution in [0.1, 0.15) is 26.7 Å². The molecular formula is C10H13ClFN3. The van der Waals surface area contributed by atoms with E-state index < -0.39 is 6.08 Å². The fourth-order valence-electron chi connectivity index (χ4n) is 1.65. The smallest absolute Gasteiger partial charge is 0.310 e. The van der Waals surface area contributed by atoms with Gasteiger partial charge >= 0.3 is 6.08 Å². The van der Waals surface area contributed by atoms with Gasteiger partial charge in [-0.15, -0.1) is 0 Å². The largest absolute Gasteiger partial charge is 0.363 e. The highest BCUT2D eigenvalue weighted by Gasteiger charge is 2.38. The first kappa shape index (κ1) is 10.6. The molecule has 0 atom stereocenters. The Labute approximate surface area is 93.1 Å². The molecule has 1 aromatic heterocycles. The summed E-state index contributed by atoms with van der Waals surface area (Å²) in [6.07, 6.45) is 2.92. The SMILES string of the molecule is CC(C)(Nc1nc(F)ncc1Cl)C1CC1. The van der Waals surface area contributed by atoms with Crippen molar-refractivity contribution in [1.29, 1.82) is 0 Å². The van der Waals surface area contributed by atoms with Crippen LogP contribution in [0.2, 0.25) is 5.02 Å². The van der Waals surface area contributed by atoms with E-state index in [1.54, 1.807) is 0 Å². The minimum atomic E-state index is -0.756. The fraction of sp³-hybridized carbons (Fsp3) is 0.600. The molecule has 1 N–H and O–H groups in total. The van der Waals surface area contributed by atoms with Crippen molar-refractivity contribution in [3.05, 3.63) is 17.3 Å². The van der Waals surface area contributed by atoms with E-state index in [9.17, 15) is 4.39 Å². The fourth-order valence-corrected chi connectivity index (χ4v) is 1.78. The summed E-state index contributed by atoms with van der Waals surface area (Å²) >= 11 is 5.87. The van der Waals surface area contributed by atoms with Crippen molar-refractivity contribution in [1.82, 2.24) is 9.97 Å². The summed E-state index contributed by atoms with van der Waals surface area (Å²) in [7, 11) is 0. The van der Waals surface area contributed by atoms with Gasteiger partial charge in [0.05, 0.1) is 6.20 Å². The van der Waals surface area contributed by atoms with Gasteiger partial charge in [0.15, 0.2) is 5.82 Å². The normalized spacial score (nSPS) is 16.5. The van der Waals surface area contributed by atoms with Gasteiger partial charge in [0.25, 0.3) is 0 Å². The van der Waals surface area contributed by atoms with Crippen LogP contribution in [0, 0.1) is 12.0 Å². The molecular weight excluding hydrogens is 217 g/mol. The van der Waals surface area contributed by atoms with E-state index in [4.69, 9.17) is 11.6 Å². The van der Waals surface area contributed by atoms with E-state index in [1.165, 1.54) is 19.0 Å². The monoisotopic (exact) mass is 229 g/mol. The third kappa shape index (κ3) is 2.37. The van der Waals surface area contributed by atoms with Gasteiger partial charge in [0, 0.05) is 5.54 Å². The topological polar surface area (TPSA) is 37.8 Å². The molecule has 1 aromatic rings. The molecule has 0 saturated heterocycles. The van der Waals surface area contributed by atoms with Crippen molar-refractivity contribution >= 4 is 17.4 Å². The van der Waals surface area contributed by atoms with Crippen molar-refractivity contribution in [3.63, 3.8) is 0 Å². The van der Waals surface area contributed by atoms with Crippen molar-refractivity contribution in [2.75, 3.05) is 5.32 Å². The maximum Gasteiger partial charge on any atom is 0.310 e. The Morgan fingerprint density at radius 3 is 2.80 bits per heavy atom. The molecule has 2 rings (SSSR count). The molecule has 0 unspecified atom stereocenters. The second-order valence-corrected chi connectivity index (χ2v) is 4.86. The van der Waals surface area contributed by atoms with Crippen LogP contribution < -0.4 is 5.32 Å². The summed E-state index contributed by atoms with van der Waals surface area (Å²) in [5.41, 5.74) is -0.0928. The lowest BCUT2D eigenvalue weighted by Gasteiger charge is -2.27. The molecule has 3 nitrogen and oxygen atoms in total. The third-order valence-corrected chi connectivity index (χ3v) is 3.03. The first-order valence-electron chi connectivity index (χ1n) is 4.95. The molecule has 0 aromatic carbocycles. The lowest BCUT2D eigenvalue weighted by Crippen LogP contribution is -2.34. The summed E-state index contributed by atoms with van der Waals surface area (Å²) in [5.74, 6) is 0.993. The molecule has 0 bridgehead atoms. The predicted octanol–water partition coefficient (Wildman–Crippen LogP) is 2.87. The summed E-state index contributed by atoms with van der Waals surface area (Å²) < 4.78 is 12.8.